The van der Waals surface area contributed by atoms with Crippen LogP contribution in [0.3, 0.4) is 0 Å². The van der Waals surface area contributed by atoms with Crippen molar-refractivity contribution in [3.63, 3.8) is 0 Å². The molecule has 8 heteroatoms. The third-order valence-electron chi connectivity index (χ3n) is 7.03. The van der Waals surface area contributed by atoms with Gasteiger partial charge in [0.05, 0.1) is 17.8 Å². The van der Waals surface area contributed by atoms with Crippen molar-refractivity contribution < 1.29 is 9.53 Å². The predicted octanol–water partition coefficient (Wildman–Crippen LogP) is 3.52. The fourth-order valence-corrected chi connectivity index (χ4v) is 5.09. The number of piperazine rings is 1. The van der Waals surface area contributed by atoms with E-state index in [-0.39, 0.29) is 16.9 Å². The van der Waals surface area contributed by atoms with Crippen LogP contribution in [0.5, 0.6) is 5.88 Å². The number of benzene rings is 1. The molecule has 2 aliphatic heterocycles. The Morgan fingerprint density at radius 3 is 2.66 bits per heavy atom. The highest BCUT2D eigenvalue weighted by atomic mass is 16.5. The number of aromatic nitrogens is 2. The van der Waals surface area contributed by atoms with Crippen LogP contribution < -0.4 is 20.5 Å². The molecule has 35 heavy (non-hydrogen) atoms. The molecule has 3 aromatic rings. The van der Waals surface area contributed by atoms with Crippen LogP contribution in [0, 0.1) is 0 Å². The molecule has 1 amide bonds. The number of hydrogen-bond donors (Lipinski definition) is 2. The first-order chi connectivity index (χ1) is 16.9. The largest absolute Gasteiger partial charge is 0.478 e. The molecule has 0 bridgehead atoms. The number of carbonyl (C=O) groups excluding carboxylic acids is 1. The Balaban J connectivity index is 1.07. The lowest BCUT2D eigenvalue weighted by Crippen LogP contribution is -2.46. The van der Waals surface area contributed by atoms with Gasteiger partial charge in [0.1, 0.15) is 5.82 Å². The van der Waals surface area contributed by atoms with Crippen molar-refractivity contribution in [2.45, 2.75) is 38.5 Å². The Morgan fingerprint density at radius 2 is 1.83 bits per heavy atom. The first-order valence-electron chi connectivity index (χ1n) is 12.4. The molecular weight excluding hydrogens is 442 g/mol. The van der Waals surface area contributed by atoms with Crippen molar-refractivity contribution in [1.82, 2.24) is 14.9 Å². The average Bonchev–Trinajstić information content (AvgIpc) is 2.83. The maximum absolute atomic E-state index is 12.0. The summed E-state index contributed by atoms with van der Waals surface area (Å²) in [5, 5.41) is 3.93. The van der Waals surface area contributed by atoms with Gasteiger partial charge in [0.25, 0.3) is 0 Å². The van der Waals surface area contributed by atoms with Gasteiger partial charge in [-0.2, -0.15) is 4.98 Å². The van der Waals surface area contributed by atoms with Gasteiger partial charge in [0, 0.05) is 61.1 Å². The number of fused-ring (bicyclic) bond motifs is 2. The highest BCUT2D eigenvalue weighted by molar-refractivity contribution is 5.94. The van der Waals surface area contributed by atoms with Gasteiger partial charge < -0.3 is 19.9 Å². The second-order valence-electron chi connectivity index (χ2n) is 10.1. The van der Waals surface area contributed by atoms with Gasteiger partial charge in [0.2, 0.25) is 17.3 Å². The van der Waals surface area contributed by atoms with Crippen LogP contribution in [0.1, 0.15) is 38.7 Å². The molecule has 0 saturated carbocycles. The van der Waals surface area contributed by atoms with Crippen molar-refractivity contribution in [3.8, 4) is 5.88 Å². The minimum atomic E-state index is -0.210. The molecule has 1 aromatic carbocycles. The monoisotopic (exact) mass is 475 g/mol. The SMILES string of the molecule is CC1(C)CC(=O)Nc2nc(OCCCCN3CCN(c4cccc5ccc(=O)[nH]c45)CC3)ccc21. The highest BCUT2D eigenvalue weighted by Gasteiger charge is 2.33. The highest BCUT2D eigenvalue weighted by Crippen LogP contribution is 2.36. The predicted molar refractivity (Wildman–Crippen MR) is 138 cm³/mol. The molecule has 8 nitrogen and oxygen atoms in total. The van der Waals surface area contributed by atoms with E-state index in [2.05, 4.69) is 51.1 Å². The molecule has 0 radical (unpaired) electrons. The summed E-state index contributed by atoms with van der Waals surface area (Å²) in [6.45, 7) is 9.64. The van der Waals surface area contributed by atoms with E-state index < -0.39 is 0 Å². The Hall–Kier alpha value is -3.39. The first kappa shape index (κ1) is 23.4. The molecule has 0 aliphatic carbocycles. The molecule has 4 heterocycles. The number of aromatic amines is 1. The Labute approximate surface area is 205 Å². The third kappa shape index (κ3) is 5.17. The van der Waals surface area contributed by atoms with Gasteiger partial charge in [-0.1, -0.05) is 26.0 Å². The van der Waals surface area contributed by atoms with Gasteiger partial charge >= 0.3 is 0 Å². The standard InChI is InChI=1S/C27H33N5O3/c1-27(2)18-23(34)29-26-20(27)9-11-24(30-26)35-17-4-3-12-31-13-15-32(16-14-31)21-7-5-6-19-8-10-22(33)28-25(19)21/h5-11H,3-4,12-18H2,1-2H3,(H,28,33)(H,29,30,34). The third-order valence-corrected chi connectivity index (χ3v) is 7.03. The average molecular weight is 476 g/mol. The quantitative estimate of drug-likeness (QED) is 0.508. The van der Waals surface area contributed by atoms with E-state index >= 15 is 0 Å². The fourth-order valence-electron chi connectivity index (χ4n) is 5.09. The van der Waals surface area contributed by atoms with Crippen LogP contribution in [0.4, 0.5) is 11.5 Å². The summed E-state index contributed by atoms with van der Waals surface area (Å²) in [6, 6.07) is 13.5. The van der Waals surface area contributed by atoms with Crippen LogP contribution in [0.15, 0.2) is 47.3 Å². The number of H-pyrrole nitrogens is 1. The number of rotatable bonds is 7. The summed E-state index contributed by atoms with van der Waals surface area (Å²) in [7, 11) is 0. The summed E-state index contributed by atoms with van der Waals surface area (Å²) in [6.07, 6.45) is 2.47. The molecule has 2 N–H and O–H groups in total. The van der Waals surface area contributed by atoms with Gasteiger partial charge in [-0.25, -0.2) is 0 Å². The Kier molecular flexibility index (Phi) is 6.47. The van der Waals surface area contributed by atoms with Gasteiger partial charge in [-0.15, -0.1) is 0 Å². The van der Waals surface area contributed by atoms with Crippen molar-refractivity contribution in [2.75, 3.05) is 49.5 Å². The van der Waals surface area contributed by atoms with Crippen molar-refractivity contribution >= 4 is 28.3 Å². The summed E-state index contributed by atoms with van der Waals surface area (Å²) >= 11 is 0. The second kappa shape index (κ2) is 9.70. The molecule has 1 saturated heterocycles. The topological polar surface area (TPSA) is 90.6 Å². The number of nitrogens with one attached hydrogen (secondary N) is 2. The van der Waals surface area contributed by atoms with E-state index in [4.69, 9.17) is 4.74 Å². The van der Waals surface area contributed by atoms with Crippen molar-refractivity contribution in [2.24, 2.45) is 0 Å². The van der Waals surface area contributed by atoms with E-state index in [1.165, 1.54) is 0 Å². The number of hydrogen-bond acceptors (Lipinski definition) is 6. The minimum absolute atomic E-state index is 0.000912. The van der Waals surface area contributed by atoms with Crippen molar-refractivity contribution in [1.29, 1.82) is 0 Å². The number of para-hydroxylation sites is 1. The van der Waals surface area contributed by atoms with E-state index in [1.807, 2.05) is 24.3 Å². The maximum Gasteiger partial charge on any atom is 0.248 e. The summed E-state index contributed by atoms with van der Waals surface area (Å²) in [4.78, 5) is 36.1. The second-order valence-corrected chi connectivity index (χ2v) is 10.1. The molecule has 2 aliphatic rings. The zero-order valence-corrected chi connectivity index (χ0v) is 20.5. The van der Waals surface area contributed by atoms with Crippen LogP contribution in [-0.2, 0) is 10.2 Å². The van der Waals surface area contributed by atoms with Gasteiger partial charge in [0.15, 0.2) is 0 Å². The van der Waals surface area contributed by atoms with Crippen molar-refractivity contribution in [3.05, 3.63) is 58.4 Å². The molecule has 5 rings (SSSR count). The minimum Gasteiger partial charge on any atom is -0.478 e. The number of unbranched alkanes of at least 4 members (excludes halogenated alkanes) is 1. The molecule has 1 fully saturated rings. The zero-order valence-electron chi connectivity index (χ0n) is 20.5. The number of amides is 1. The van der Waals surface area contributed by atoms with E-state index in [0.29, 0.717) is 24.7 Å². The zero-order chi connectivity index (χ0) is 24.4. The van der Waals surface area contributed by atoms with Crippen LogP contribution in [-0.4, -0.2) is 60.1 Å². The number of pyridine rings is 2. The molecule has 0 unspecified atom stereocenters. The normalized spacial score (nSPS) is 17.8. The lowest BCUT2D eigenvalue weighted by molar-refractivity contribution is -0.117. The Bertz CT molecular complexity index is 1280. The first-order valence-corrected chi connectivity index (χ1v) is 12.4. The number of nitrogens with zero attached hydrogens (tertiary/aromatic N) is 3. The molecule has 2 aromatic heterocycles. The summed E-state index contributed by atoms with van der Waals surface area (Å²) in [5.74, 6) is 1.18. The van der Waals surface area contributed by atoms with Gasteiger partial charge in [-0.3, -0.25) is 14.5 Å². The van der Waals surface area contributed by atoms with Crippen LogP contribution in [0.25, 0.3) is 10.9 Å². The number of ether oxygens (including phenoxy) is 1. The van der Waals surface area contributed by atoms with Crippen LogP contribution >= 0.6 is 0 Å². The Morgan fingerprint density at radius 1 is 1.00 bits per heavy atom. The lowest BCUT2D eigenvalue weighted by Gasteiger charge is -2.36. The summed E-state index contributed by atoms with van der Waals surface area (Å²) < 4.78 is 5.87. The van der Waals surface area contributed by atoms with E-state index in [9.17, 15) is 9.59 Å². The number of anilines is 2. The maximum atomic E-state index is 12.0. The molecule has 184 valence electrons. The molecular formula is C27H33N5O3. The van der Waals surface area contributed by atoms with E-state index in [1.54, 1.807) is 6.07 Å². The molecule has 0 atom stereocenters. The fraction of sp³-hybridized carbons (Fsp3) is 0.444. The molecule has 0 spiro atoms. The summed E-state index contributed by atoms with van der Waals surface area (Å²) in [5.41, 5.74) is 2.80. The smallest absolute Gasteiger partial charge is 0.248 e. The van der Waals surface area contributed by atoms with Crippen LogP contribution in [0.2, 0.25) is 0 Å². The van der Waals surface area contributed by atoms with Gasteiger partial charge in [-0.05, 0) is 37.6 Å². The number of carbonyl (C=O) groups is 1. The lowest BCUT2D eigenvalue weighted by atomic mass is 9.79. The van der Waals surface area contributed by atoms with E-state index in [0.717, 1.165) is 67.7 Å².